The van der Waals surface area contributed by atoms with Crippen molar-refractivity contribution in [2.24, 2.45) is 5.92 Å². The number of carbonyl (C=O) groups excluding carboxylic acids is 1. The van der Waals surface area contributed by atoms with E-state index in [0.717, 1.165) is 0 Å². The smallest absolute Gasteiger partial charge is 0.407 e. The Morgan fingerprint density at radius 2 is 1.94 bits per heavy atom. The molecule has 1 fully saturated rings. The Morgan fingerprint density at radius 1 is 1.21 bits per heavy atom. The van der Waals surface area contributed by atoms with Gasteiger partial charge in [-0.25, -0.2) is 19.7 Å². The van der Waals surface area contributed by atoms with Crippen molar-refractivity contribution < 1.29 is 19.4 Å². The largest absolute Gasteiger partial charge is 0.491 e. The van der Waals surface area contributed by atoms with E-state index in [0.29, 0.717) is 55.6 Å². The Kier molecular flexibility index (Phi) is 7.93. The quantitative estimate of drug-likeness (QED) is 0.537. The summed E-state index contributed by atoms with van der Waals surface area (Å²) in [5, 5.41) is 23.8. The molecule has 0 atom stereocenters. The van der Waals surface area contributed by atoms with Crippen LogP contribution in [0.2, 0.25) is 0 Å². The first kappa shape index (κ1) is 23.7. The molecule has 0 bridgehead atoms. The third-order valence-corrected chi connectivity index (χ3v) is 4.98. The lowest BCUT2D eigenvalue weighted by Gasteiger charge is -2.30. The van der Waals surface area contributed by atoms with Crippen LogP contribution >= 0.6 is 0 Å². The number of nitrogens with one attached hydrogen (secondary N) is 2. The van der Waals surface area contributed by atoms with E-state index in [1.165, 1.54) is 23.5 Å². The Labute approximate surface area is 191 Å². The summed E-state index contributed by atoms with van der Waals surface area (Å²) in [6, 6.07) is 3.56. The van der Waals surface area contributed by atoms with Crippen molar-refractivity contribution in [2.75, 3.05) is 51.0 Å². The molecule has 12 nitrogen and oxygen atoms in total. The van der Waals surface area contributed by atoms with E-state index in [-0.39, 0.29) is 24.1 Å². The summed E-state index contributed by atoms with van der Waals surface area (Å²) in [5.74, 6) is 1.25. The van der Waals surface area contributed by atoms with Crippen LogP contribution in [0.3, 0.4) is 0 Å². The van der Waals surface area contributed by atoms with Crippen molar-refractivity contribution >= 4 is 29.3 Å². The van der Waals surface area contributed by atoms with Crippen molar-refractivity contribution in [1.82, 2.24) is 24.8 Å². The molecule has 0 aromatic carbocycles. The maximum absolute atomic E-state index is 12.3. The van der Waals surface area contributed by atoms with Gasteiger partial charge in [0.2, 0.25) is 5.91 Å². The molecule has 2 aromatic heterocycles. The number of piperidine rings is 1. The van der Waals surface area contributed by atoms with Crippen LogP contribution in [-0.4, -0.2) is 82.2 Å². The zero-order valence-corrected chi connectivity index (χ0v) is 18.5. The van der Waals surface area contributed by atoms with Gasteiger partial charge in [-0.05, 0) is 32.9 Å². The van der Waals surface area contributed by atoms with Gasteiger partial charge < -0.3 is 30.3 Å². The molecule has 0 radical (unpaired) electrons. The zero-order chi connectivity index (χ0) is 23.8. The van der Waals surface area contributed by atoms with Crippen molar-refractivity contribution in [3.05, 3.63) is 30.4 Å². The minimum Gasteiger partial charge on any atom is -0.491 e. The van der Waals surface area contributed by atoms with Crippen molar-refractivity contribution in [3.8, 4) is 11.8 Å². The second-order valence-corrected chi connectivity index (χ2v) is 7.90. The van der Waals surface area contributed by atoms with Crippen molar-refractivity contribution in [2.45, 2.75) is 12.8 Å². The van der Waals surface area contributed by atoms with Gasteiger partial charge in [-0.3, -0.25) is 4.79 Å². The van der Waals surface area contributed by atoms with Crippen molar-refractivity contribution in [3.63, 3.8) is 0 Å². The molecule has 3 heterocycles. The van der Waals surface area contributed by atoms with E-state index in [2.05, 4.69) is 25.6 Å². The van der Waals surface area contributed by atoms with Crippen LogP contribution in [0.15, 0.2) is 24.7 Å². The van der Waals surface area contributed by atoms with Gasteiger partial charge in [0.1, 0.15) is 29.1 Å². The summed E-state index contributed by atoms with van der Waals surface area (Å²) < 4.78 is 6.04. The fourth-order valence-corrected chi connectivity index (χ4v) is 3.28. The molecular weight excluding hydrogens is 428 g/mol. The predicted octanol–water partition coefficient (Wildman–Crippen LogP) is 1.76. The monoisotopic (exact) mass is 454 g/mol. The molecule has 3 N–H and O–H groups in total. The number of anilines is 3. The number of amides is 2. The van der Waals surface area contributed by atoms with Gasteiger partial charge in [-0.1, -0.05) is 0 Å². The van der Waals surface area contributed by atoms with E-state index < -0.39 is 6.09 Å². The van der Waals surface area contributed by atoms with Gasteiger partial charge in [-0.2, -0.15) is 5.26 Å². The minimum absolute atomic E-state index is 0.194. The average molecular weight is 454 g/mol. The number of nitriles is 1. The summed E-state index contributed by atoms with van der Waals surface area (Å²) in [6.07, 6.45) is 4.76. The molecule has 174 valence electrons. The van der Waals surface area contributed by atoms with Crippen LogP contribution < -0.4 is 15.4 Å². The van der Waals surface area contributed by atoms with E-state index in [9.17, 15) is 9.59 Å². The molecule has 12 heteroatoms. The van der Waals surface area contributed by atoms with Gasteiger partial charge in [0.25, 0.3) is 0 Å². The van der Waals surface area contributed by atoms with E-state index in [1.54, 1.807) is 25.1 Å². The fraction of sp³-hybridized carbons (Fsp3) is 0.429. The summed E-state index contributed by atoms with van der Waals surface area (Å²) in [6.45, 7) is 1.52. The summed E-state index contributed by atoms with van der Waals surface area (Å²) in [4.78, 5) is 38.9. The number of hydrogen-bond donors (Lipinski definition) is 3. The second kappa shape index (κ2) is 11.1. The second-order valence-electron chi connectivity index (χ2n) is 7.90. The first-order valence-electron chi connectivity index (χ1n) is 10.4. The molecule has 0 unspecified atom stereocenters. The third kappa shape index (κ3) is 7.01. The highest BCUT2D eigenvalue weighted by Gasteiger charge is 2.23. The maximum Gasteiger partial charge on any atom is 0.407 e. The number of likely N-dealkylation sites (tertiary alicyclic amines) is 1. The minimum atomic E-state index is -0.906. The number of hydrogen-bond acceptors (Lipinski definition) is 9. The van der Waals surface area contributed by atoms with Crippen LogP contribution in [-0.2, 0) is 4.79 Å². The first-order chi connectivity index (χ1) is 15.8. The summed E-state index contributed by atoms with van der Waals surface area (Å²) in [7, 11) is 3.59. The molecule has 2 amide bonds. The topological polar surface area (TPSA) is 157 Å². The average Bonchev–Trinajstić information content (AvgIpc) is 2.79. The lowest BCUT2D eigenvalue weighted by molar-refractivity contribution is -0.116. The van der Waals surface area contributed by atoms with Gasteiger partial charge >= 0.3 is 6.09 Å². The molecule has 3 rings (SSSR count). The normalized spacial score (nSPS) is 13.9. The van der Waals surface area contributed by atoms with Gasteiger partial charge in [-0.15, -0.1) is 0 Å². The highest BCUT2D eigenvalue weighted by Crippen LogP contribution is 2.29. The van der Waals surface area contributed by atoms with E-state index >= 15 is 0 Å². The van der Waals surface area contributed by atoms with Gasteiger partial charge in [0.05, 0.1) is 31.7 Å². The molecular formula is C21H26N8O4. The SMILES string of the molecule is CN(C)CC(=O)Nc1cnc(Nc2cnc(C#N)cn2)cc1OCC1CCN(C(=O)O)CC1. The third-order valence-electron chi connectivity index (χ3n) is 4.98. The standard InChI is InChI=1S/C21H26N8O4/c1-28(2)12-20(30)26-16-10-25-18(27-19-11-23-15(8-22)9-24-19)7-17(16)33-13-14-3-5-29(6-4-14)21(31)32/h7,9-11,14H,3-6,12-13H2,1-2H3,(H,26,30)(H,31,32)(H,24,25,27). The summed E-state index contributed by atoms with van der Waals surface area (Å²) in [5.41, 5.74) is 0.631. The number of aromatic nitrogens is 3. The molecule has 2 aromatic rings. The highest BCUT2D eigenvalue weighted by molar-refractivity contribution is 5.93. The number of nitrogens with zero attached hydrogens (tertiary/aromatic N) is 6. The molecule has 1 saturated heterocycles. The lowest BCUT2D eigenvalue weighted by atomic mass is 9.98. The van der Waals surface area contributed by atoms with Crippen LogP contribution in [0.4, 0.5) is 22.1 Å². The van der Waals surface area contributed by atoms with Crippen molar-refractivity contribution in [1.29, 1.82) is 5.26 Å². The molecule has 1 aliphatic rings. The Hall–Kier alpha value is -3.98. The molecule has 0 saturated carbocycles. The molecule has 0 spiro atoms. The number of carboxylic acid groups (broad SMARTS) is 1. The van der Waals surface area contributed by atoms with Crippen LogP contribution in [0.1, 0.15) is 18.5 Å². The first-order valence-corrected chi connectivity index (χ1v) is 10.4. The summed E-state index contributed by atoms with van der Waals surface area (Å²) >= 11 is 0. The Balaban J connectivity index is 1.71. The highest BCUT2D eigenvalue weighted by atomic mass is 16.5. The Bertz CT molecular complexity index is 1010. The van der Waals surface area contributed by atoms with E-state index in [4.69, 9.17) is 15.1 Å². The van der Waals surface area contributed by atoms with Crippen LogP contribution in [0.5, 0.6) is 5.75 Å². The number of rotatable bonds is 8. The van der Waals surface area contributed by atoms with E-state index in [1.807, 2.05) is 6.07 Å². The fourth-order valence-electron chi connectivity index (χ4n) is 3.28. The number of pyridine rings is 1. The molecule has 1 aliphatic heterocycles. The predicted molar refractivity (Wildman–Crippen MR) is 119 cm³/mol. The van der Waals surface area contributed by atoms with Crippen LogP contribution in [0, 0.1) is 17.2 Å². The maximum atomic E-state index is 12.3. The lowest BCUT2D eigenvalue weighted by Crippen LogP contribution is -2.38. The molecule has 33 heavy (non-hydrogen) atoms. The number of carbonyl (C=O) groups is 2. The zero-order valence-electron chi connectivity index (χ0n) is 18.5. The van der Waals surface area contributed by atoms with Crippen LogP contribution in [0.25, 0.3) is 0 Å². The number of likely N-dealkylation sites (N-methyl/N-ethyl adjacent to an activating group) is 1. The molecule has 0 aliphatic carbocycles. The van der Waals surface area contributed by atoms with Gasteiger partial charge in [0.15, 0.2) is 5.69 Å². The van der Waals surface area contributed by atoms with Gasteiger partial charge in [0, 0.05) is 19.2 Å². The Morgan fingerprint density at radius 3 is 2.55 bits per heavy atom. The number of ether oxygens (including phenoxy) is 1.